The summed E-state index contributed by atoms with van der Waals surface area (Å²) in [5.41, 5.74) is 0. The molecule has 2 atom stereocenters. The topological polar surface area (TPSA) is 86.7 Å². The minimum atomic E-state index is -1.23. The van der Waals surface area contributed by atoms with Gasteiger partial charge in [0.1, 0.15) is 6.54 Å². The monoisotopic (exact) mass is 270 g/mol. The van der Waals surface area contributed by atoms with Gasteiger partial charge in [0.05, 0.1) is 6.04 Å². The predicted molar refractivity (Wildman–Crippen MR) is 69.8 cm³/mol. The van der Waals surface area contributed by atoms with E-state index < -0.39 is 12.1 Å². The SMILES string of the molecule is CCC1CCN(C(=O)CNC(=O)O)[C@@H]1C(=O)C(C)C. The average Bonchev–Trinajstić information content (AvgIpc) is 2.78. The third kappa shape index (κ3) is 3.68. The van der Waals surface area contributed by atoms with Crippen LogP contribution in [0.2, 0.25) is 0 Å². The quantitative estimate of drug-likeness (QED) is 0.783. The van der Waals surface area contributed by atoms with Gasteiger partial charge in [-0.2, -0.15) is 0 Å². The summed E-state index contributed by atoms with van der Waals surface area (Å²) in [6.45, 7) is 5.92. The van der Waals surface area contributed by atoms with E-state index in [1.165, 1.54) is 4.90 Å². The minimum absolute atomic E-state index is 0.0630. The van der Waals surface area contributed by atoms with Crippen molar-refractivity contribution in [2.45, 2.75) is 39.7 Å². The van der Waals surface area contributed by atoms with Crippen molar-refractivity contribution in [1.29, 1.82) is 0 Å². The van der Waals surface area contributed by atoms with Crippen LogP contribution in [-0.2, 0) is 9.59 Å². The number of nitrogens with zero attached hydrogens (tertiary/aromatic N) is 1. The Balaban J connectivity index is 2.78. The van der Waals surface area contributed by atoms with E-state index in [1.54, 1.807) is 0 Å². The summed E-state index contributed by atoms with van der Waals surface area (Å²) in [5, 5.41) is 10.6. The van der Waals surface area contributed by atoms with Gasteiger partial charge in [0.25, 0.3) is 0 Å². The molecule has 2 N–H and O–H groups in total. The van der Waals surface area contributed by atoms with Gasteiger partial charge in [0.15, 0.2) is 5.78 Å². The van der Waals surface area contributed by atoms with Crippen molar-refractivity contribution < 1.29 is 19.5 Å². The van der Waals surface area contributed by atoms with Gasteiger partial charge in [-0.1, -0.05) is 27.2 Å². The van der Waals surface area contributed by atoms with Gasteiger partial charge < -0.3 is 15.3 Å². The molecule has 0 aromatic heterocycles. The van der Waals surface area contributed by atoms with Gasteiger partial charge in [0, 0.05) is 12.5 Å². The summed E-state index contributed by atoms with van der Waals surface area (Å²) in [5.74, 6) is -0.200. The third-order valence-electron chi connectivity index (χ3n) is 3.62. The lowest BCUT2D eigenvalue weighted by Crippen LogP contribution is -2.48. The summed E-state index contributed by atoms with van der Waals surface area (Å²) in [7, 11) is 0. The number of carboxylic acid groups (broad SMARTS) is 1. The Morgan fingerprint density at radius 3 is 2.47 bits per heavy atom. The molecule has 1 rings (SSSR count). The van der Waals surface area contributed by atoms with Crippen molar-refractivity contribution in [2.24, 2.45) is 11.8 Å². The van der Waals surface area contributed by atoms with Crippen molar-refractivity contribution in [3.8, 4) is 0 Å². The van der Waals surface area contributed by atoms with E-state index in [-0.39, 0.29) is 30.1 Å². The molecule has 0 radical (unpaired) electrons. The summed E-state index contributed by atoms with van der Waals surface area (Å²) < 4.78 is 0. The number of carbonyl (C=O) groups excluding carboxylic acids is 2. The molecule has 0 aromatic carbocycles. The number of amides is 2. The second-order valence-corrected chi connectivity index (χ2v) is 5.20. The maximum absolute atomic E-state index is 12.2. The Morgan fingerprint density at radius 1 is 1.37 bits per heavy atom. The lowest BCUT2D eigenvalue weighted by atomic mass is 9.89. The van der Waals surface area contributed by atoms with Crippen LogP contribution in [0, 0.1) is 11.8 Å². The Bertz CT molecular complexity index is 368. The zero-order valence-corrected chi connectivity index (χ0v) is 11.7. The van der Waals surface area contributed by atoms with Gasteiger partial charge in [-0.15, -0.1) is 0 Å². The van der Waals surface area contributed by atoms with Crippen molar-refractivity contribution in [2.75, 3.05) is 13.1 Å². The summed E-state index contributed by atoms with van der Waals surface area (Å²) in [6.07, 6.45) is 0.420. The standard InChI is InChI=1S/C13H22N2O4/c1-4-9-5-6-15(10(16)7-14-13(18)19)11(9)12(17)8(2)3/h8-9,11,14H,4-7H2,1-3H3,(H,18,19)/t9?,11-/m0/s1. The number of rotatable bonds is 5. The lowest BCUT2D eigenvalue weighted by molar-refractivity contribution is -0.139. The molecule has 108 valence electrons. The second kappa shape index (κ2) is 6.54. The molecule has 1 saturated heterocycles. The predicted octanol–water partition coefficient (Wildman–Crippen LogP) is 1.11. The molecule has 2 amide bonds. The van der Waals surface area contributed by atoms with Crippen molar-refractivity contribution in [3.63, 3.8) is 0 Å². The molecule has 1 heterocycles. The van der Waals surface area contributed by atoms with Crippen LogP contribution in [0.1, 0.15) is 33.6 Å². The maximum atomic E-state index is 12.2. The number of likely N-dealkylation sites (tertiary alicyclic amines) is 1. The van der Waals surface area contributed by atoms with Crippen LogP contribution in [0.25, 0.3) is 0 Å². The Kier molecular flexibility index (Phi) is 5.32. The van der Waals surface area contributed by atoms with E-state index in [4.69, 9.17) is 5.11 Å². The second-order valence-electron chi connectivity index (χ2n) is 5.20. The highest BCUT2D eigenvalue weighted by Gasteiger charge is 2.41. The maximum Gasteiger partial charge on any atom is 0.405 e. The van der Waals surface area contributed by atoms with E-state index in [9.17, 15) is 14.4 Å². The van der Waals surface area contributed by atoms with Crippen molar-refractivity contribution in [3.05, 3.63) is 0 Å². The molecule has 19 heavy (non-hydrogen) atoms. The average molecular weight is 270 g/mol. The van der Waals surface area contributed by atoms with Gasteiger partial charge in [-0.3, -0.25) is 9.59 Å². The molecule has 1 aliphatic rings. The zero-order valence-electron chi connectivity index (χ0n) is 11.7. The molecule has 1 unspecified atom stereocenters. The fraction of sp³-hybridized carbons (Fsp3) is 0.769. The highest BCUT2D eigenvalue weighted by atomic mass is 16.4. The van der Waals surface area contributed by atoms with Crippen LogP contribution in [0.5, 0.6) is 0 Å². The molecule has 0 aromatic rings. The number of hydrogen-bond acceptors (Lipinski definition) is 3. The lowest BCUT2D eigenvalue weighted by Gasteiger charge is -2.28. The van der Waals surface area contributed by atoms with Crippen LogP contribution in [0.4, 0.5) is 4.79 Å². The molecule has 0 saturated carbocycles. The first-order valence-corrected chi connectivity index (χ1v) is 6.68. The van der Waals surface area contributed by atoms with Gasteiger partial charge in [-0.25, -0.2) is 4.79 Å². The highest BCUT2D eigenvalue weighted by Crippen LogP contribution is 2.29. The van der Waals surface area contributed by atoms with Crippen LogP contribution in [-0.4, -0.2) is 46.9 Å². The first-order valence-electron chi connectivity index (χ1n) is 6.68. The van der Waals surface area contributed by atoms with Crippen LogP contribution in [0.3, 0.4) is 0 Å². The summed E-state index contributed by atoms with van der Waals surface area (Å²) in [4.78, 5) is 36.2. The minimum Gasteiger partial charge on any atom is -0.465 e. The zero-order chi connectivity index (χ0) is 14.6. The van der Waals surface area contributed by atoms with Gasteiger partial charge in [-0.05, 0) is 12.3 Å². The van der Waals surface area contributed by atoms with Crippen LogP contribution < -0.4 is 5.32 Å². The van der Waals surface area contributed by atoms with E-state index in [0.29, 0.717) is 6.54 Å². The molecule has 6 nitrogen and oxygen atoms in total. The van der Waals surface area contributed by atoms with Crippen molar-refractivity contribution >= 4 is 17.8 Å². The largest absolute Gasteiger partial charge is 0.465 e. The van der Waals surface area contributed by atoms with Crippen LogP contribution >= 0.6 is 0 Å². The molecule has 0 bridgehead atoms. The van der Waals surface area contributed by atoms with E-state index >= 15 is 0 Å². The van der Waals surface area contributed by atoms with E-state index in [2.05, 4.69) is 5.32 Å². The van der Waals surface area contributed by atoms with Crippen LogP contribution in [0.15, 0.2) is 0 Å². The van der Waals surface area contributed by atoms with Crippen molar-refractivity contribution in [1.82, 2.24) is 10.2 Å². The third-order valence-corrected chi connectivity index (χ3v) is 3.62. The highest BCUT2D eigenvalue weighted by molar-refractivity contribution is 5.92. The Hall–Kier alpha value is -1.59. The molecule has 1 fully saturated rings. The molecule has 0 spiro atoms. The fourth-order valence-electron chi connectivity index (χ4n) is 2.54. The van der Waals surface area contributed by atoms with E-state index in [1.807, 2.05) is 20.8 Å². The smallest absolute Gasteiger partial charge is 0.405 e. The number of Topliss-reactive ketones (excluding diaryl/α,β-unsaturated/α-hetero) is 1. The van der Waals surface area contributed by atoms with E-state index in [0.717, 1.165) is 12.8 Å². The fourth-order valence-corrected chi connectivity index (χ4v) is 2.54. The van der Waals surface area contributed by atoms with Gasteiger partial charge >= 0.3 is 6.09 Å². The first kappa shape index (κ1) is 15.5. The molecule has 0 aliphatic carbocycles. The molecular formula is C13H22N2O4. The normalized spacial score (nSPS) is 22.6. The number of carbonyl (C=O) groups is 3. The number of ketones is 1. The summed E-state index contributed by atoms with van der Waals surface area (Å²) >= 11 is 0. The summed E-state index contributed by atoms with van der Waals surface area (Å²) in [6, 6.07) is -0.395. The van der Waals surface area contributed by atoms with Gasteiger partial charge in [0.2, 0.25) is 5.91 Å². The molecular weight excluding hydrogens is 248 g/mol. The Labute approximate surface area is 113 Å². The first-order chi connectivity index (χ1) is 8.88. The number of nitrogens with one attached hydrogen (secondary N) is 1. The molecule has 1 aliphatic heterocycles. The molecule has 6 heteroatoms. The Morgan fingerprint density at radius 2 is 2.00 bits per heavy atom. The number of hydrogen-bond donors (Lipinski definition) is 2.